The molecule has 0 amide bonds. The van der Waals surface area contributed by atoms with Gasteiger partial charge >= 0.3 is 6.18 Å². The van der Waals surface area contributed by atoms with Crippen molar-refractivity contribution in [2.24, 2.45) is 0 Å². The fourth-order valence-corrected chi connectivity index (χ4v) is 5.12. The molecule has 3 aromatic rings. The number of fused-ring (bicyclic) bond motifs is 1. The number of aromatic nitrogens is 1. The number of aryl methyl sites for hydroxylation is 1. The van der Waals surface area contributed by atoms with Crippen LogP contribution >= 0.6 is 0 Å². The van der Waals surface area contributed by atoms with Gasteiger partial charge in [-0.3, -0.25) is 4.98 Å². The molecular weight excluding hydrogens is 429 g/mol. The van der Waals surface area contributed by atoms with Gasteiger partial charge in [-0.15, -0.1) is 0 Å². The molecule has 1 aliphatic rings. The van der Waals surface area contributed by atoms with Gasteiger partial charge in [0.05, 0.1) is 34.9 Å². The van der Waals surface area contributed by atoms with Crippen LogP contribution in [-0.2, 0) is 20.8 Å². The van der Waals surface area contributed by atoms with Crippen LogP contribution in [0.15, 0.2) is 47.4 Å². The lowest BCUT2D eigenvalue weighted by molar-refractivity contribution is -0.137. The Bertz CT molecular complexity index is 1230. The Kier molecular flexibility index (Phi) is 5.43. The standard InChI is InChI=1S/C22H21F3N2O3S/c1-14-21(31(2,28)29)20(15-3-5-16(6-4-15)22(23,24)25)18-13-17(7-8-19(18)26-14)27-9-11-30-12-10-27/h3-8,13H,9-12H2,1-2H3. The summed E-state index contributed by atoms with van der Waals surface area (Å²) in [4.78, 5) is 6.62. The van der Waals surface area contributed by atoms with Crippen LogP contribution < -0.4 is 4.90 Å². The minimum absolute atomic E-state index is 0.0267. The molecule has 2 aromatic carbocycles. The number of hydrogen-bond acceptors (Lipinski definition) is 5. The van der Waals surface area contributed by atoms with E-state index >= 15 is 0 Å². The van der Waals surface area contributed by atoms with Crippen LogP contribution in [0, 0.1) is 6.92 Å². The lowest BCUT2D eigenvalue weighted by Crippen LogP contribution is -2.36. The van der Waals surface area contributed by atoms with Gasteiger partial charge in [0.25, 0.3) is 0 Å². The summed E-state index contributed by atoms with van der Waals surface area (Å²) < 4.78 is 69.8. The van der Waals surface area contributed by atoms with Crippen LogP contribution in [0.4, 0.5) is 18.9 Å². The predicted molar refractivity (Wildman–Crippen MR) is 113 cm³/mol. The molecule has 1 fully saturated rings. The summed E-state index contributed by atoms with van der Waals surface area (Å²) in [6.45, 7) is 4.16. The maximum Gasteiger partial charge on any atom is 0.416 e. The van der Waals surface area contributed by atoms with E-state index in [-0.39, 0.29) is 4.90 Å². The normalized spacial score (nSPS) is 15.5. The van der Waals surface area contributed by atoms with Crippen molar-refractivity contribution in [3.05, 3.63) is 53.7 Å². The van der Waals surface area contributed by atoms with Gasteiger partial charge in [0.2, 0.25) is 0 Å². The molecule has 0 radical (unpaired) electrons. The molecule has 1 saturated heterocycles. The maximum atomic E-state index is 13.0. The molecule has 1 aromatic heterocycles. The van der Waals surface area contributed by atoms with Crippen molar-refractivity contribution in [3.8, 4) is 11.1 Å². The number of halogens is 3. The largest absolute Gasteiger partial charge is 0.416 e. The number of anilines is 1. The quantitative estimate of drug-likeness (QED) is 0.589. The van der Waals surface area contributed by atoms with Crippen molar-refractivity contribution in [1.82, 2.24) is 4.98 Å². The Labute approximate surface area is 178 Å². The first kappa shape index (κ1) is 21.6. The number of benzene rings is 2. The fraction of sp³-hybridized carbons (Fsp3) is 0.318. The molecule has 0 N–H and O–H groups in total. The summed E-state index contributed by atoms with van der Waals surface area (Å²) in [6, 6.07) is 10.1. The average molecular weight is 450 g/mol. The van der Waals surface area contributed by atoms with E-state index < -0.39 is 21.6 Å². The van der Waals surface area contributed by atoms with E-state index in [0.29, 0.717) is 54.0 Å². The molecule has 0 aliphatic carbocycles. The van der Waals surface area contributed by atoms with Gasteiger partial charge in [-0.25, -0.2) is 8.42 Å². The van der Waals surface area contributed by atoms with Gasteiger partial charge in [-0.1, -0.05) is 12.1 Å². The molecule has 0 saturated carbocycles. The van der Waals surface area contributed by atoms with Crippen LogP contribution in [0.5, 0.6) is 0 Å². The molecule has 5 nitrogen and oxygen atoms in total. The second-order valence-corrected chi connectivity index (χ2v) is 9.50. The minimum Gasteiger partial charge on any atom is -0.378 e. The highest BCUT2D eigenvalue weighted by molar-refractivity contribution is 7.91. The van der Waals surface area contributed by atoms with E-state index in [1.807, 2.05) is 18.2 Å². The molecule has 0 atom stereocenters. The number of alkyl halides is 3. The van der Waals surface area contributed by atoms with E-state index in [4.69, 9.17) is 4.74 Å². The fourth-order valence-electron chi connectivity index (χ4n) is 3.94. The van der Waals surface area contributed by atoms with E-state index in [0.717, 1.165) is 24.1 Å². The molecule has 1 aliphatic heterocycles. The van der Waals surface area contributed by atoms with Gasteiger partial charge in [-0.2, -0.15) is 13.2 Å². The zero-order valence-corrected chi connectivity index (χ0v) is 17.8. The summed E-state index contributed by atoms with van der Waals surface area (Å²) >= 11 is 0. The SMILES string of the molecule is Cc1nc2ccc(N3CCOCC3)cc2c(-c2ccc(C(F)(F)F)cc2)c1S(C)(=O)=O. The average Bonchev–Trinajstić information content (AvgIpc) is 2.72. The predicted octanol–water partition coefficient (Wildman–Crippen LogP) is 4.47. The Balaban J connectivity index is 1.99. The van der Waals surface area contributed by atoms with E-state index in [1.54, 1.807) is 6.92 Å². The highest BCUT2D eigenvalue weighted by atomic mass is 32.2. The Hall–Kier alpha value is -2.65. The first-order chi connectivity index (χ1) is 14.6. The lowest BCUT2D eigenvalue weighted by atomic mass is 9.98. The van der Waals surface area contributed by atoms with Crippen LogP contribution in [0.2, 0.25) is 0 Å². The van der Waals surface area contributed by atoms with Crippen molar-refractivity contribution in [2.45, 2.75) is 18.0 Å². The molecule has 31 heavy (non-hydrogen) atoms. The molecule has 0 bridgehead atoms. The molecule has 4 rings (SSSR count). The van der Waals surface area contributed by atoms with Gasteiger partial charge in [0.1, 0.15) is 0 Å². The summed E-state index contributed by atoms with van der Waals surface area (Å²) in [7, 11) is -3.70. The number of rotatable bonds is 3. The van der Waals surface area contributed by atoms with E-state index in [9.17, 15) is 21.6 Å². The Morgan fingerprint density at radius 2 is 1.68 bits per heavy atom. The van der Waals surface area contributed by atoms with Gasteiger partial charge in [0, 0.05) is 36.0 Å². The first-order valence-corrected chi connectivity index (χ1v) is 11.6. The monoisotopic (exact) mass is 450 g/mol. The number of ether oxygens (including phenoxy) is 1. The van der Waals surface area contributed by atoms with E-state index in [2.05, 4.69) is 9.88 Å². The summed E-state index contributed by atoms with van der Waals surface area (Å²) in [5.41, 5.74) is 1.74. The third kappa shape index (κ3) is 4.24. The smallest absolute Gasteiger partial charge is 0.378 e. The molecule has 0 spiro atoms. The molecule has 164 valence electrons. The zero-order chi connectivity index (χ0) is 22.4. The van der Waals surface area contributed by atoms with Crippen molar-refractivity contribution in [3.63, 3.8) is 0 Å². The maximum absolute atomic E-state index is 13.0. The zero-order valence-electron chi connectivity index (χ0n) is 17.0. The topological polar surface area (TPSA) is 59.5 Å². The molecule has 0 unspecified atom stereocenters. The highest BCUT2D eigenvalue weighted by Crippen LogP contribution is 2.39. The molecule has 2 heterocycles. The van der Waals surface area contributed by atoms with Gasteiger partial charge in [-0.05, 0) is 42.8 Å². The second-order valence-electron chi connectivity index (χ2n) is 7.55. The summed E-state index contributed by atoms with van der Waals surface area (Å²) in [5.74, 6) is 0. The number of morpholine rings is 1. The molecule has 9 heteroatoms. The Morgan fingerprint density at radius 3 is 2.26 bits per heavy atom. The number of hydrogen-bond donors (Lipinski definition) is 0. The van der Waals surface area contributed by atoms with Crippen LogP contribution in [0.25, 0.3) is 22.0 Å². The first-order valence-electron chi connectivity index (χ1n) is 9.70. The Morgan fingerprint density at radius 1 is 1.03 bits per heavy atom. The second kappa shape index (κ2) is 7.80. The van der Waals surface area contributed by atoms with Crippen molar-refractivity contribution in [1.29, 1.82) is 0 Å². The van der Waals surface area contributed by atoms with Crippen molar-refractivity contribution in [2.75, 3.05) is 37.5 Å². The van der Waals surface area contributed by atoms with Crippen LogP contribution in [-0.4, -0.2) is 46.0 Å². The third-order valence-corrected chi connectivity index (χ3v) is 6.58. The van der Waals surface area contributed by atoms with Crippen LogP contribution in [0.3, 0.4) is 0 Å². The minimum atomic E-state index is -4.47. The number of nitrogens with zero attached hydrogens (tertiary/aromatic N) is 2. The lowest BCUT2D eigenvalue weighted by Gasteiger charge is -2.29. The summed E-state index contributed by atoms with van der Waals surface area (Å²) in [5, 5.41) is 0.578. The molecular formula is C22H21F3N2O3S. The number of sulfone groups is 1. The van der Waals surface area contributed by atoms with Gasteiger partial charge in [0.15, 0.2) is 9.84 Å². The number of pyridine rings is 1. The highest BCUT2D eigenvalue weighted by Gasteiger charge is 2.30. The third-order valence-electron chi connectivity index (χ3n) is 5.34. The van der Waals surface area contributed by atoms with E-state index in [1.165, 1.54) is 12.1 Å². The van der Waals surface area contributed by atoms with Crippen molar-refractivity contribution < 1.29 is 26.3 Å². The summed E-state index contributed by atoms with van der Waals surface area (Å²) in [6.07, 6.45) is -3.39. The van der Waals surface area contributed by atoms with Crippen LogP contribution in [0.1, 0.15) is 11.3 Å². The van der Waals surface area contributed by atoms with Gasteiger partial charge < -0.3 is 9.64 Å². The van der Waals surface area contributed by atoms with Crippen molar-refractivity contribution >= 4 is 26.4 Å².